The van der Waals surface area contributed by atoms with E-state index in [4.69, 9.17) is 11.2 Å². The predicted octanol–water partition coefficient (Wildman–Crippen LogP) is 1.41. The molecular weight excluding hydrogens is 266 g/mol. The van der Waals surface area contributed by atoms with Crippen molar-refractivity contribution in [2.24, 2.45) is 0 Å². The lowest BCUT2D eigenvalue weighted by atomic mass is 10.1. The molecule has 0 radical (unpaired) electrons. The monoisotopic (exact) mass is 289 g/mol. The van der Waals surface area contributed by atoms with Gasteiger partial charge < -0.3 is 15.4 Å². The van der Waals surface area contributed by atoms with Gasteiger partial charge in [-0.25, -0.2) is 0 Å². The lowest BCUT2D eigenvalue weighted by Gasteiger charge is -2.21. The fourth-order valence-corrected chi connectivity index (χ4v) is 1.55. The molecule has 5 heteroatoms. The molecule has 114 valence electrons. The summed E-state index contributed by atoms with van der Waals surface area (Å²) in [5.74, 6) is 2.70. The zero-order valence-corrected chi connectivity index (χ0v) is 13.1. The Balaban J connectivity index is 2.68. The van der Waals surface area contributed by atoms with Gasteiger partial charge in [0.15, 0.2) is 6.61 Å². The van der Waals surface area contributed by atoms with E-state index in [0.29, 0.717) is 12.3 Å². The molecule has 0 saturated heterocycles. The standard InChI is InChI=1S/C16H23N3O2/c1-6-9-17-15(20)11-21-14-8-7-12(2)19-13(14)10-18-16(3,4)5/h1,7-8,18H,9-11H2,2-5H3,(H,17,20). The van der Waals surface area contributed by atoms with Crippen molar-refractivity contribution in [3.63, 3.8) is 0 Å². The number of ether oxygens (including phenoxy) is 1. The van der Waals surface area contributed by atoms with Gasteiger partial charge in [-0.1, -0.05) is 5.92 Å². The van der Waals surface area contributed by atoms with Crippen LogP contribution in [-0.2, 0) is 11.3 Å². The maximum absolute atomic E-state index is 11.5. The summed E-state index contributed by atoms with van der Waals surface area (Å²) < 4.78 is 5.53. The van der Waals surface area contributed by atoms with Crippen LogP contribution in [-0.4, -0.2) is 29.6 Å². The Labute approximate surface area is 126 Å². The van der Waals surface area contributed by atoms with E-state index in [2.05, 4.69) is 42.3 Å². The van der Waals surface area contributed by atoms with Crippen molar-refractivity contribution in [2.75, 3.05) is 13.2 Å². The Hall–Kier alpha value is -2.06. The Bertz CT molecular complexity index is 527. The lowest BCUT2D eigenvalue weighted by molar-refractivity contribution is -0.122. The Kier molecular flexibility index (Phi) is 6.19. The lowest BCUT2D eigenvalue weighted by Crippen LogP contribution is -2.35. The molecule has 0 atom stereocenters. The van der Waals surface area contributed by atoms with Crippen molar-refractivity contribution in [3.8, 4) is 18.1 Å². The van der Waals surface area contributed by atoms with E-state index in [1.165, 1.54) is 0 Å². The largest absolute Gasteiger partial charge is 0.482 e. The molecule has 1 rings (SSSR count). The number of carbonyl (C=O) groups excluding carboxylic acids is 1. The molecule has 0 spiro atoms. The highest BCUT2D eigenvalue weighted by Gasteiger charge is 2.13. The van der Waals surface area contributed by atoms with Gasteiger partial charge in [-0.3, -0.25) is 9.78 Å². The molecule has 0 unspecified atom stereocenters. The molecule has 1 aromatic rings. The van der Waals surface area contributed by atoms with E-state index < -0.39 is 0 Å². The summed E-state index contributed by atoms with van der Waals surface area (Å²) >= 11 is 0. The van der Waals surface area contributed by atoms with Gasteiger partial charge in [-0.2, -0.15) is 0 Å². The van der Waals surface area contributed by atoms with Crippen LogP contribution in [0.5, 0.6) is 5.75 Å². The molecule has 0 aliphatic heterocycles. The van der Waals surface area contributed by atoms with Gasteiger partial charge in [0.05, 0.1) is 12.2 Å². The van der Waals surface area contributed by atoms with Crippen LogP contribution in [0.4, 0.5) is 0 Å². The van der Waals surface area contributed by atoms with Crippen LogP contribution >= 0.6 is 0 Å². The van der Waals surface area contributed by atoms with Crippen LogP contribution in [0.15, 0.2) is 12.1 Å². The third-order valence-electron chi connectivity index (χ3n) is 2.60. The molecule has 0 aliphatic rings. The second kappa shape index (κ2) is 7.65. The third-order valence-corrected chi connectivity index (χ3v) is 2.60. The summed E-state index contributed by atoms with van der Waals surface area (Å²) in [6.45, 7) is 8.86. The maximum atomic E-state index is 11.5. The number of nitrogens with one attached hydrogen (secondary N) is 2. The minimum Gasteiger partial charge on any atom is -0.482 e. The molecule has 0 saturated carbocycles. The molecule has 2 N–H and O–H groups in total. The quantitative estimate of drug-likeness (QED) is 0.777. The normalized spacial score (nSPS) is 10.8. The minimum absolute atomic E-state index is 0.0210. The second-order valence-corrected chi connectivity index (χ2v) is 5.77. The van der Waals surface area contributed by atoms with Crippen LogP contribution in [0.1, 0.15) is 32.2 Å². The van der Waals surface area contributed by atoms with Crippen LogP contribution < -0.4 is 15.4 Å². The Morgan fingerprint density at radius 2 is 2.14 bits per heavy atom. The van der Waals surface area contributed by atoms with Crippen molar-refractivity contribution in [3.05, 3.63) is 23.5 Å². The average Bonchev–Trinajstić information content (AvgIpc) is 2.41. The molecular formula is C16H23N3O2. The van der Waals surface area contributed by atoms with Gasteiger partial charge in [0, 0.05) is 17.8 Å². The average molecular weight is 289 g/mol. The number of nitrogens with zero attached hydrogens (tertiary/aromatic N) is 1. The smallest absolute Gasteiger partial charge is 0.258 e. The Morgan fingerprint density at radius 1 is 1.43 bits per heavy atom. The molecule has 0 aromatic carbocycles. The maximum Gasteiger partial charge on any atom is 0.258 e. The van der Waals surface area contributed by atoms with E-state index in [1.807, 2.05) is 19.1 Å². The van der Waals surface area contributed by atoms with Crippen molar-refractivity contribution >= 4 is 5.91 Å². The fourth-order valence-electron chi connectivity index (χ4n) is 1.55. The van der Waals surface area contributed by atoms with Gasteiger partial charge >= 0.3 is 0 Å². The van der Waals surface area contributed by atoms with Crippen LogP contribution in [0, 0.1) is 19.3 Å². The van der Waals surface area contributed by atoms with Crippen molar-refractivity contribution in [1.29, 1.82) is 0 Å². The summed E-state index contributed by atoms with van der Waals surface area (Å²) in [6.07, 6.45) is 5.08. The fraction of sp³-hybridized carbons (Fsp3) is 0.500. The number of pyridine rings is 1. The zero-order chi connectivity index (χ0) is 15.9. The van der Waals surface area contributed by atoms with E-state index in [9.17, 15) is 4.79 Å². The SMILES string of the molecule is C#CCNC(=O)COc1ccc(C)nc1CNC(C)(C)C. The van der Waals surface area contributed by atoms with Gasteiger partial charge in [0.25, 0.3) is 5.91 Å². The summed E-state index contributed by atoms with van der Waals surface area (Å²) in [6, 6.07) is 3.69. The first kappa shape index (κ1) is 17.0. The summed E-state index contributed by atoms with van der Waals surface area (Å²) in [5.41, 5.74) is 1.67. The molecule has 0 fully saturated rings. The molecule has 0 bridgehead atoms. The number of aryl methyl sites for hydroxylation is 1. The first-order chi connectivity index (χ1) is 9.81. The first-order valence-corrected chi connectivity index (χ1v) is 6.86. The highest BCUT2D eigenvalue weighted by Crippen LogP contribution is 2.17. The zero-order valence-electron chi connectivity index (χ0n) is 13.1. The number of carbonyl (C=O) groups is 1. The van der Waals surface area contributed by atoms with E-state index in [-0.39, 0.29) is 24.6 Å². The van der Waals surface area contributed by atoms with Crippen LogP contribution in [0.3, 0.4) is 0 Å². The van der Waals surface area contributed by atoms with Crippen LogP contribution in [0.2, 0.25) is 0 Å². The number of aromatic nitrogens is 1. The van der Waals surface area contributed by atoms with Gasteiger partial charge in [-0.15, -0.1) is 6.42 Å². The molecule has 1 aromatic heterocycles. The molecule has 21 heavy (non-hydrogen) atoms. The number of amides is 1. The topological polar surface area (TPSA) is 63.2 Å². The predicted molar refractivity (Wildman–Crippen MR) is 82.9 cm³/mol. The number of rotatable bonds is 6. The van der Waals surface area contributed by atoms with Crippen molar-refractivity contribution in [2.45, 2.75) is 39.8 Å². The number of terminal acetylenes is 1. The molecule has 5 nitrogen and oxygen atoms in total. The van der Waals surface area contributed by atoms with E-state index in [0.717, 1.165) is 11.4 Å². The van der Waals surface area contributed by atoms with Crippen LogP contribution in [0.25, 0.3) is 0 Å². The second-order valence-electron chi connectivity index (χ2n) is 5.77. The molecule has 1 amide bonds. The summed E-state index contributed by atoms with van der Waals surface area (Å²) in [7, 11) is 0. The highest BCUT2D eigenvalue weighted by molar-refractivity contribution is 5.77. The van der Waals surface area contributed by atoms with Gasteiger partial charge in [0.2, 0.25) is 0 Å². The minimum atomic E-state index is -0.247. The number of hydrogen-bond donors (Lipinski definition) is 2. The van der Waals surface area contributed by atoms with E-state index >= 15 is 0 Å². The van der Waals surface area contributed by atoms with Crippen molar-refractivity contribution in [1.82, 2.24) is 15.6 Å². The Morgan fingerprint density at radius 3 is 2.76 bits per heavy atom. The number of hydrogen-bond acceptors (Lipinski definition) is 4. The summed E-state index contributed by atoms with van der Waals surface area (Å²) in [5, 5.41) is 5.91. The molecule has 0 aliphatic carbocycles. The highest BCUT2D eigenvalue weighted by atomic mass is 16.5. The van der Waals surface area contributed by atoms with E-state index in [1.54, 1.807) is 0 Å². The third kappa shape index (κ3) is 6.77. The summed E-state index contributed by atoms with van der Waals surface area (Å²) in [4.78, 5) is 16.0. The van der Waals surface area contributed by atoms with Gasteiger partial charge in [0.1, 0.15) is 5.75 Å². The molecule has 1 heterocycles. The van der Waals surface area contributed by atoms with Crippen molar-refractivity contribution < 1.29 is 9.53 Å². The first-order valence-electron chi connectivity index (χ1n) is 6.86. The van der Waals surface area contributed by atoms with Gasteiger partial charge in [-0.05, 0) is 39.8 Å².